The molecule has 1 atom stereocenters. The molecule has 1 amide bonds. The molecule has 8 heteroatoms. The summed E-state index contributed by atoms with van der Waals surface area (Å²) >= 11 is 6.07. The zero-order valence-corrected chi connectivity index (χ0v) is 18.4. The lowest BCUT2D eigenvalue weighted by atomic mass is 9.94. The Morgan fingerprint density at radius 2 is 1.97 bits per heavy atom. The van der Waals surface area contributed by atoms with Gasteiger partial charge in [0.1, 0.15) is 11.3 Å². The first-order valence-corrected chi connectivity index (χ1v) is 11.0. The van der Waals surface area contributed by atoms with Gasteiger partial charge in [0.25, 0.3) is 5.91 Å². The number of benzene rings is 2. The number of amides is 1. The van der Waals surface area contributed by atoms with Crippen LogP contribution >= 0.6 is 11.6 Å². The molecule has 0 saturated carbocycles. The quantitative estimate of drug-likeness (QED) is 0.308. The third-order valence-corrected chi connectivity index (χ3v) is 6.31. The topological polar surface area (TPSA) is 99.7 Å². The molecule has 0 saturated heterocycles. The van der Waals surface area contributed by atoms with Crippen molar-refractivity contribution < 1.29 is 23.5 Å². The average Bonchev–Trinajstić information content (AvgIpc) is 3.62. The molecule has 3 aromatic heterocycles. The van der Waals surface area contributed by atoms with E-state index in [0.29, 0.717) is 27.3 Å². The minimum absolute atomic E-state index is 0.0105. The summed E-state index contributed by atoms with van der Waals surface area (Å²) in [4.78, 5) is 31.5. The van der Waals surface area contributed by atoms with E-state index in [1.807, 2.05) is 24.3 Å². The predicted octanol–water partition coefficient (Wildman–Crippen LogP) is 5.94. The van der Waals surface area contributed by atoms with Gasteiger partial charge in [0, 0.05) is 33.1 Å². The van der Waals surface area contributed by atoms with Gasteiger partial charge in [-0.25, -0.2) is 0 Å². The van der Waals surface area contributed by atoms with Crippen LogP contribution in [0.1, 0.15) is 27.9 Å². The molecular weight excluding hydrogens is 456 g/mol. The number of nitrogens with one attached hydrogen (secondary N) is 1. The summed E-state index contributed by atoms with van der Waals surface area (Å²) < 4.78 is 11.2. The molecule has 1 aliphatic rings. The van der Waals surface area contributed by atoms with Crippen LogP contribution in [0.15, 0.2) is 93.3 Å². The Morgan fingerprint density at radius 3 is 2.79 bits per heavy atom. The van der Waals surface area contributed by atoms with Gasteiger partial charge in [-0.05, 0) is 42.5 Å². The van der Waals surface area contributed by atoms with Crippen molar-refractivity contribution in [3.63, 3.8) is 0 Å². The number of aromatic nitrogens is 1. The second kappa shape index (κ2) is 7.67. The first kappa shape index (κ1) is 20.4. The maximum atomic E-state index is 13.7. The van der Waals surface area contributed by atoms with E-state index in [0.717, 1.165) is 10.9 Å². The van der Waals surface area contributed by atoms with Crippen LogP contribution in [-0.2, 0) is 11.3 Å². The molecule has 0 fully saturated rings. The van der Waals surface area contributed by atoms with E-state index in [2.05, 4.69) is 4.98 Å². The van der Waals surface area contributed by atoms with Gasteiger partial charge in [-0.3, -0.25) is 9.59 Å². The Kier molecular flexibility index (Phi) is 4.60. The molecule has 168 valence electrons. The van der Waals surface area contributed by atoms with Crippen molar-refractivity contribution in [2.24, 2.45) is 0 Å². The molecule has 2 N–H and O–H groups in total. The number of Topliss-reactive ketones (excluding diaryl/α,β-unsaturated/α-hetero) is 1. The number of halogens is 1. The molecular formula is C26H17ClN2O5. The number of aromatic amines is 1. The molecule has 7 nitrogen and oxygen atoms in total. The summed E-state index contributed by atoms with van der Waals surface area (Å²) in [5, 5.41) is 12.9. The number of hydrogen-bond acceptors (Lipinski definition) is 5. The number of fused-ring (bicyclic) bond motifs is 2. The lowest BCUT2D eigenvalue weighted by Gasteiger charge is -2.25. The molecule has 34 heavy (non-hydrogen) atoms. The molecule has 6 rings (SSSR count). The van der Waals surface area contributed by atoms with Crippen LogP contribution in [0.2, 0.25) is 5.02 Å². The van der Waals surface area contributed by atoms with Crippen LogP contribution in [-0.4, -0.2) is 26.7 Å². The molecule has 1 unspecified atom stereocenters. The fraction of sp³-hybridized carbons (Fsp3) is 0.0769. The van der Waals surface area contributed by atoms with E-state index < -0.39 is 23.5 Å². The van der Waals surface area contributed by atoms with E-state index in [1.165, 1.54) is 11.2 Å². The summed E-state index contributed by atoms with van der Waals surface area (Å²) in [6.07, 6.45) is 3.26. The molecule has 4 heterocycles. The van der Waals surface area contributed by atoms with Gasteiger partial charge in [0.05, 0.1) is 24.4 Å². The Balaban J connectivity index is 1.50. The SMILES string of the molecule is O=C(C1=C(O)C(=O)N(Cc2ccco2)C1c1c[nH]c2ccccc12)c1cc2cc(Cl)ccc2o1. The van der Waals surface area contributed by atoms with Gasteiger partial charge in [0.2, 0.25) is 5.78 Å². The fourth-order valence-electron chi connectivity index (χ4n) is 4.52. The molecule has 0 spiro atoms. The van der Waals surface area contributed by atoms with Gasteiger partial charge in [-0.2, -0.15) is 0 Å². The summed E-state index contributed by atoms with van der Waals surface area (Å²) in [6, 6.07) is 16.8. The number of carbonyl (C=O) groups is 2. The first-order valence-electron chi connectivity index (χ1n) is 10.6. The van der Waals surface area contributed by atoms with E-state index in [9.17, 15) is 14.7 Å². The standard InChI is InChI=1S/C26H17ClN2O5/c27-15-7-8-20-14(10-15)11-21(34-20)24(30)22-23(18-12-28-19-6-2-1-5-17(18)19)29(26(32)25(22)31)13-16-4-3-9-33-16/h1-12,23,28,31H,13H2. The molecule has 0 radical (unpaired) electrons. The summed E-state index contributed by atoms with van der Waals surface area (Å²) in [5.41, 5.74) is 1.96. The van der Waals surface area contributed by atoms with Gasteiger partial charge in [-0.15, -0.1) is 0 Å². The second-order valence-electron chi connectivity index (χ2n) is 8.09. The van der Waals surface area contributed by atoms with Crippen LogP contribution in [0.3, 0.4) is 0 Å². The Hall–Kier alpha value is -4.23. The highest BCUT2D eigenvalue weighted by Crippen LogP contribution is 2.43. The largest absolute Gasteiger partial charge is 0.503 e. The zero-order valence-electron chi connectivity index (χ0n) is 17.6. The van der Waals surface area contributed by atoms with Crippen molar-refractivity contribution in [1.29, 1.82) is 0 Å². The molecule has 0 aliphatic carbocycles. The normalized spacial score (nSPS) is 16.3. The number of carbonyl (C=O) groups excluding carboxylic acids is 2. The maximum absolute atomic E-state index is 13.7. The highest BCUT2D eigenvalue weighted by atomic mass is 35.5. The van der Waals surface area contributed by atoms with Crippen molar-refractivity contribution >= 4 is 45.2 Å². The highest BCUT2D eigenvalue weighted by Gasteiger charge is 2.45. The minimum Gasteiger partial charge on any atom is -0.503 e. The Bertz CT molecular complexity index is 1610. The van der Waals surface area contributed by atoms with Crippen molar-refractivity contribution in [2.45, 2.75) is 12.6 Å². The number of ketones is 1. The van der Waals surface area contributed by atoms with Gasteiger partial charge < -0.3 is 23.8 Å². The number of para-hydroxylation sites is 1. The molecule has 5 aromatic rings. The van der Waals surface area contributed by atoms with Crippen LogP contribution in [0.5, 0.6) is 0 Å². The molecule has 2 aromatic carbocycles. The predicted molar refractivity (Wildman–Crippen MR) is 126 cm³/mol. The number of H-pyrrole nitrogens is 1. The maximum Gasteiger partial charge on any atom is 0.290 e. The van der Waals surface area contributed by atoms with Crippen molar-refractivity contribution in [3.8, 4) is 0 Å². The second-order valence-corrected chi connectivity index (χ2v) is 8.53. The van der Waals surface area contributed by atoms with Crippen LogP contribution in [0.25, 0.3) is 21.9 Å². The number of hydrogen-bond donors (Lipinski definition) is 2. The van der Waals surface area contributed by atoms with Crippen molar-refractivity contribution in [2.75, 3.05) is 0 Å². The molecule has 0 bridgehead atoms. The summed E-state index contributed by atoms with van der Waals surface area (Å²) in [7, 11) is 0. The fourth-order valence-corrected chi connectivity index (χ4v) is 4.70. The third kappa shape index (κ3) is 3.13. The van der Waals surface area contributed by atoms with Gasteiger partial charge in [0.15, 0.2) is 11.5 Å². The number of nitrogens with zero attached hydrogens (tertiary/aromatic N) is 1. The number of furan rings is 2. The Morgan fingerprint density at radius 1 is 1.12 bits per heavy atom. The van der Waals surface area contributed by atoms with Gasteiger partial charge in [-0.1, -0.05) is 29.8 Å². The smallest absolute Gasteiger partial charge is 0.290 e. The molecule has 1 aliphatic heterocycles. The van der Waals surface area contributed by atoms with Crippen molar-refractivity contribution in [3.05, 3.63) is 107 Å². The number of aliphatic hydroxyl groups is 1. The number of rotatable bonds is 5. The van der Waals surface area contributed by atoms with Gasteiger partial charge >= 0.3 is 0 Å². The zero-order chi connectivity index (χ0) is 23.4. The van der Waals surface area contributed by atoms with Crippen molar-refractivity contribution in [1.82, 2.24) is 9.88 Å². The van der Waals surface area contributed by atoms with E-state index in [1.54, 1.807) is 42.6 Å². The first-order chi connectivity index (χ1) is 16.5. The van der Waals surface area contributed by atoms with E-state index in [-0.39, 0.29) is 17.9 Å². The minimum atomic E-state index is -0.849. The van der Waals surface area contributed by atoms with Crippen LogP contribution in [0.4, 0.5) is 0 Å². The summed E-state index contributed by atoms with van der Waals surface area (Å²) in [5.74, 6) is -1.30. The van der Waals surface area contributed by atoms with E-state index in [4.69, 9.17) is 20.4 Å². The average molecular weight is 473 g/mol. The van der Waals surface area contributed by atoms with E-state index >= 15 is 0 Å². The lowest BCUT2D eigenvalue weighted by molar-refractivity contribution is -0.130. The lowest BCUT2D eigenvalue weighted by Crippen LogP contribution is -2.30. The number of aliphatic hydroxyl groups excluding tert-OH is 1. The monoisotopic (exact) mass is 472 g/mol. The third-order valence-electron chi connectivity index (χ3n) is 6.07. The Labute approximate surface area is 197 Å². The highest BCUT2D eigenvalue weighted by molar-refractivity contribution is 6.31. The summed E-state index contributed by atoms with van der Waals surface area (Å²) in [6.45, 7) is 0.0760. The van der Waals surface area contributed by atoms with Crippen LogP contribution < -0.4 is 0 Å². The van der Waals surface area contributed by atoms with Crippen LogP contribution in [0, 0.1) is 0 Å².